The second kappa shape index (κ2) is 9.52. The molecule has 1 fully saturated rings. The highest BCUT2D eigenvalue weighted by Gasteiger charge is 2.18. The molecule has 30 heavy (non-hydrogen) atoms. The number of pyridine rings is 1. The molecule has 1 aliphatic rings. The summed E-state index contributed by atoms with van der Waals surface area (Å²) in [5.41, 5.74) is 1.96. The summed E-state index contributed by atoms with van der Waals surface area (Å²) in [6, 6.07) is 13.9. The van der Waals surface area contributed by atoms with Crippen molar-refractivity contribution in [2.24, 2.45) is 0 Å². The van der Waals surface area contributed by atoms with E-state index in [1.165, 1.54) is 31.2 Å². The first-order valence-electron chi connectivity index (χ1n) is 10.6. The number of hydrogen-bond donors (Lipinski definition) is 1. The minimum absolute atomic E-state index is 0.0293. The lowest BCUT2D eigenvalue weighted by molar-refractivity contribution is 0.0908. The summed E-state index contributed by atoms with van der Waals surface area (Å²) in [6.07, 6.45) is 6.65. The Labute approximate surface area is 176 Å². The van der Waals surface area contributed by atoms with E-state index in [1.54, 1.807) is 6.20 Å². The third-order valence-electron chi connectivity index (χ3n) is 5.49. The van der Waals surface area contributed by atoms with Crippen LogP contribution in [0.4, 0.5) is 5.82 Å². The van der Waals surface area contributed by atoms with Gasteiger partial charge in [0.1, 0.15) is 5.82 Å². The first kappa shape index (κ1) is 20.1. The van der Waals surface area contributed by atoms with Crippen LogP contribution >= 0.6 is 0 Å². The molecule has 1 amide bonds. The maximum atomic E-state index is 12.4. The number of carbonyl (C=O) groups is 1. The van der Waals surface area contributed by atoms with Gasteiger partial charge in [0.25, 0.3) is 0 Å². The second-order valence-electron chi connectivity index (χ2n) is 7.75. The molecule has 1 unspecified atom stereocenters. The normalized spacial score (nSPS) is 15.4. The summed E-state index contributed by atoms with van der Waals surface area (Å²) in [5.74, 6) is 1.11. The lowest BCUT2D eigenvalue weighted by atomic mass is 10.0. The van der Waals surface area contributed by atoms with Gasteiger partial charge in [-0.25, -0.2) is 4.98 Å². The molecular weight excluding hydrogens is 378 g/mol. The van der Waals surface area contributed by atoms with E-state index in [0.29, 0.717) is 12.4 Å². The van der Waals surface area contributed by atoms with Crippen molar-refractivity contribution in [2.45, 2.75) is 38.5 Å². The molecule has 0 spiro atoms. The van der Waals surface area contributed by atoms with Crippen molar-refractivity contribution in [3.05, 3.63) is 60.1 Å². The van der Waals surface area contributed by atoms with Crippen LogP contribution in [-0.4, -0.2) is 40.7 Å². The van der Waals surface area contributed by atoms with Crippen molar-refractivity contribution in [1.82, 2.24) is 20.4 Å². The van der Waals surface area contributed by atoms with Crippen LogP contribution in [0.25, 0.3) is 11.4 Å². The van der Waals surface area contributed by atoms with Gasteiger partial charge < -0.3 is 14.7 Å². The van der Waals surface area contributed by atoms with Gasteiger partial charge in [-0.05, 0) is 36.5 Å². The number of anilines is 1. The molecule has 1 atom stereocenters. The summed E-state index contributed by atoms with van der Waals surface area (Å²) in [4.78, 5) is 23.6. The zero-order valence-corrected chi connectivity index (χ0v) is 17.3. The van der Waals surface area contributed by atoms with E-state index in [1.807, 2.05) is 42.5 Å². The minimum Gasteiger partial charge on any atom is -0.357 e. The SMILES string of the molecule is CC(CNC(=O)c1nc(-c2ccnc(N3CCCCCC3)c2)no1)c1ccccc1. The summed E-state index contributed by atoms with van der Waals surface area (Å²) >= 11 is 0. The standard InChI is InChI=1S/C23H27N5O2/c1-17(18-9-5-4-6-10-18)16-25-22(29)23-26-21(27-30-23)19-11-12-24-20(15-19)28-13-7-2-3-8-14-28/h4-6,9-12,15,17H,2-3,7-8,13-14,16H2,1H3,(H,25,29). The predicted octanol–water partition coefficient (Wildman–Crippen LogP) is 4.05. The smallest absolute Gasteiger partial charge is 0.316 e. The minimum atomic E-state index is -0.363. The highest BCUT2D eigenvalue weighted by atomic mass is 16.5. The largest absolute Gasteiger partial charge is 0.357 e. The molecule has 7 heteroatoms. The molecule has 1 aromatic carbocycles. The summed E-state index contributed by atoms with van der Waals surface area (Å²) in [6.45, 7) is 4.58. The molecule has 3 aromatic rings. The fourth-order valence-corrected chi connectivity index (χ4v) is 3.68. The van der Waals surface area contributed by atoms with Crippen LogP contribution in [0.15, 0.2) is 53.2 Å². The maximum Gasteiger partial charge on any atom is 0.316 e. The number of nitrogens with one attached hydrogen (secondary N) is 1. The molecule has 4 rings (SSSR count). The third kappa shape index (κ3) is 4.84. The van der Waals surface area contributed by atoms with Gasteiger partial charge in [-0.3, -0.25) is 4.79 Å². The van der Waals surface area contributed by atoms with E-state index in [9.17, 15) is 4.79 Å². The summed E-state index contributed by atoms with van der Waals surface area (Å²) in [7, 11) is 0. The van der Waals surface area contributed by atoms with Crippen LogP contribution in [0.1, 0.15) is 54.8 Å². The van der Waals surface area contributed by atoms with E-state index in [0.717, 1.165) is 24.5 Å². The third-order valence-corrected chi connectivity index (χ3v) is 5.49. The highest BCUT2D eigenvalue weighted by molar-refractivity contribution is 5.89. The number of carbonyl (C=O) groups excluding carboxylic acids is 1. The first-order chi connectivity index (χ1) is 14.7. The zero-order chi connectivity index (χ0) is 20.8. The molecule has 0 bridgehead atoms. The van der Waals surface area contributed by atoms with Gasteiger partial charge in [-0.1, -0.05) is 55.3 Å². The molecule has 156 valence electrons. The Balaban J connectivity index is 1.41. The summed E-state index contributed by atoms with van der Waals surface area (Å²) in [5, 5.41) is 6.88. The van der Waals surface area contributed by atoms with Gasteiger partial charge in [0.15, 0.2) is 0 Å². The van der Waals surface area contributed by atoms with Crippen molar-refractivity contribution in [3.63, 3.8) is 0 Å². The van der Waals surface area contributed by atoms with E-state index in [4.69, 9.17) is 4.52 Å². The Morgan fingerprint density at radius 3 is 2.67 bits per heavy atom. The molecule has 1 aliphatic heterocycles. The van der Waals surface area contributed by atoms with E-state index < -0.39 is 0 Å². The molecule has 1 saturated heterocycles. The Bertz CT molecular complexity index is 964. The zero-order valence-electron chi connectivity index (χ0n) is 17.3. The molecule has 1 N–H and O–H groups in total. The van der Waals surface area contributed by atoms with Gasteiger partial charge in [0, 0.05) is 31.4 Å². The van der Waals surface area contributed by atoms with Gasteiger partial charge in [0.2, 0.25) is 5.82 Å². The van der Waals surface area contributed by atoms with Crippen LogP contribution in [-0.2, 0) is 0 Å². The lowest BCUT2D eigenvalue weighted by Gasteiger charge is -2.21. The van der Waals surface area contributed by atoms with E-state index in [-0.39, 0.29) is 17.7 Å². The average Bonchev–Trinajstić information content (AvgIpc) is 3.13. The van der Waals surface area contributed by atoms with Crippen molar-refractivity contribution >= 4 is 11.7 Å². The van der Waals surface area contributed by atoms with Gasteiger partial charge >= 0.3 is 11.8 Å². The molecule has 0 saturated carbocycles. The topological polar surface area (TPSA) is 84.2 Å². The first-order valence-corrected chi connectivity index (χ1v) is 10.6. The molecule has 0 aliphatic carbocycles. The number of aromatic nitrogens is 3. The van der Waals surface area contributed by atoms with Crippen LogP contribution in [0.5, 0.6) is 0 Å². The Morgan fingerprint density at radius 1 is 1.13 bits per heavy atom. The molecule has 7 nitrogen and oxygen atoms in total. The fraction of sp³-hybridized carbons (Fsp3) is 0.391. The fourth-order valence-electron chi connectivity index (χ4n) is 3.68. The Kier molecular flexibility index (Phi) is 6.37. The van der Waals surface area contributed by atoms with Crippen LogP contribution in [0.3, 0.4) is 0 Å². The van der Waals surface area contributed by atoms with Crippen molar-refractivity contribution < 1.29 is 9.32 Å². The Hall–Kier alpha value is -3.22. The van der Waals surface area contributed by atoms with Crippen LogP contribution in [0, 0.1) is 0 Å². The monoisotopic (exact) mass is 405 g/mol. The Morgan fingerprint density at radius 2 is 1.90 bits per heavy atom. The van der Waals surface area contributed by atoms with Crippen molar-refractivity contribution in [3.8, 4) is 11.4 Å². The number of benzene rings is 1. The van der Waals surface area contributed by atoms with Gasteiger partial charge in [-0.15, -0.1) is 0 Å². The molecule has 0 radical (unpaired) electrons. The summed E-state index contributed by atoms with van der Waals surface area (Å²) < 4.78 is 5.22. The molecule has 2 aromatic heterocycles. The quantitative estimate of drug-likeness (QED) is 0.666. The van der Waals surface area contributed by atoms with Crippen LogP contribution in [0.2, 0.25) is 0 Å². The average molecular weight is 406 g/mol. The van der Waals surface area contributed by atoms with Gasteiger partial charge in [-0.2, -0.15) is 4.98 Å². The van der Waals surface area contributed by atoms with Crippen LogP contribution < -0.4 is 10.2 Å². The molecular formula is C23H27N5O2. The van der Waals surface area contributed by atoms with Crippen molar-refractivity contribution in [2.75, 3.05) is 24.5 Å². The number of rotatable bonds is 6. The predicted molar refractivity (Wildman–Crippen MR) is 115 cm³/mol. The van der Waals surface area contributed by atoms with Crippen molar-refractivity contribution in [1.29, 1.82) is 0 Å². The van der Waals surface area contributed by atoms with Gasteiger partial charge in [0.05, 0.1) is 0 Å². The second-order valence-corrected chi connectivity index (χ2v) is 7.75. The van der Waals surface area contributed by atoms with E-state index in [2.05, 4.69) is 32.3 Å². The lowest BCUT2D eigenvalue weighted by Crippen LogP contribution is -2.27. The number of amides is 1. The highest BCUT2D eigenvalue weighted by Crippen LogP contribution is 2.23. The number of hydrogen-bond acceptors (Lipinski definition) is 6. The van der Waals surface area contributed by atoms with E-state index >= 15 is 0 Å². The molecule has 3 heterocycles. The maximum absolute atomic E-state index is 12.4. The number of nitrogens with zero attached hydrogens (tertiary/aromatic N) is 4.